The van der Waals surface area contributed by atoms with Crippen molar-refractivity contribution in [3.05, 3.63) is 28.2 Å². The van der Waals surface area contributed by atoms with Crippen molar-refractivity contribution in [3.8, 4) is 0 Å². The number of thioether (sulfide) groups is 1. The molecule has 0 amide bonds. The summed E-state index contributed by atoms with van der Waals surface area (Å²) in [4.78, 5) is 11.3. The zero-order valence-electron chi connectivity index (χ0n) is 6.96. The molecule has 1 aromatic carbocycles. The first-order valence-electron chi connectivity index (χ1n) is 3.70. The van der Waals surface area contributed by atoms with Gasteiger partial charge in [0.1, 0.15) is 6.29 Å². The van der Waals surface area contributed by atoms with Crippen molar-refractivity contribution in [3.63, 3.8) is 0 Å². The molecule has 1 nitrogen and oxygen atoms in total. The van der Waals surface area contributed by atoms with Gasteiger partial charge in [0.25, 0.3) is 0 Å². The normalized spacial score (nSPS) is 12.5. The van der Waals surface area contributed by atoms with Crippen LogP contribution in [0.3, 0.4) is 0 Å². The summed E-state index contributed by atoms with van der Waals surface area (Å²) in [5, 5.41) is 0.992. The molecule has 0 bridgehead atoms. The second-order valence-corrected chi connectivity index (χ2v) is 4.80. The molecule has 0 aliphatic heterocycles. The molecule has 4 heteroatoms. The van der Waals surface area contributed by atoms with Crippen LogP contribution in [0.5, 0.6) is 0 Å². The van der Waals surface area contributed by atoms with E-state index in [0.717, 1.165) is 11.2 Å². The molecule has 70 valence electrons. The average Bonchev–Trinajstić information content (AvgIpc) is 2.11. The fourth-order valence-corrected chi connectivity index (χ4v) is 1.97. The number of aldehydes is 1. The van der Waals surface area contributed by atoms with E-state index in [1.54, 1.807) is 12.1 Å². The Labute approximate surface area is 91.4 Å². The van der Waals surface area contributed by atoms with Crippen LogP contribution in [0.2, 0.25) is 10.0 Å². The minimum atomic E-state index is -0.0581. The van der Waals surface area contributed by atoms with E-state index < -0.39 is 0 Å². The molecule has 0 saturated heterocycles. The maximum absolute atomic E-state index is 10.4. The van der Waals surface area contributed by atoms with Crippen molar-refractivity contribution in [1.82, 2.24) is 0 Å². The van der Waals surface area contributed by atoms with Gasteiger partial charge in [-0.05, 0) is 25.1 Å². The molecule has 0 aliphatic rings. The van der Waals surface area contributed by atoms with E-state index in [2.05, 4.69) is 0 Å². The van der Waals surface area contributed by atoms with Crippen LogP contribution >= 0.6 is 35.0 Å². The second-order valence-electron chi connectivity index (χ2n) is 2.53. The number of carbonyl (C=O) groups is 1. The standard InChI is InChI=1S/C9H8Cl2OS/c1-6(5-12)13-7-2-3-8(10)9(11)4-7/h2-6H,1H3. The summed E-state index contributed by atoms with van der Waals surface area (Å²) < 4.78 is 0. The van der Waals surface area contributed by atoms with Gasteiger partial charge >= 0.3 is 0 Å². The average molecular weight is 235 g/mol. The van der Waals surface area contributed by atoms with E-state index >= 15 is 0 Å². The minimum absolute atomic E-state index is 0.0581. The molecule has 0 heterocycles. The zero-order valence-corrected chi connectivity index (χ0v) is 9.29. The largest absolute Gasteiger partial charge is 0.302 e. The number of benzene rings is 1. The van der Waals surface area contributed by atoms with Gasteiger partial charge in [0, 0.05) is 4.90 Å². The van der Waals surface area contributed by atoms with Crippen molar-refractivity contribution in [2.45, 2.75) is 17.1 Å². The van der Waals surface area contributed by atoms with Gasteiger partial charge in [-0.3, -0.25) is 0 Å². The zero-order chi connectivity index (χ0) is 9.84. The third-order valence-corrected chi connectivity index (χ3v) is 3.15. The van der Waals surface area contributed by atoms with Crippen LogP contribution in [-0.4, -0.2) is 11.5 Å². The van der Waals surface area contributed by atoms with Crippen molar-refractivity contribution < 1.29 is 4.79 Å². The van der Waals surface area contributed by atoms with Gasteiger partial charge in [0.05, 0.1) is 15.3 Å². The van der Waals surface area contributed by atoms with Gasteiger partial charge in [-0.25, -0.2) is 0 Å². The topological polar surface area (TPSA) is 17.1 Å². The predicted molar refractivity (Wildman–Crippen MR) is 57.8 cm³/mol. The summed E-state index contributed by atoms with van der Waals surface area (Å²) in [6.07, 6.45) is 0.896. The molecule has 1 atom stereocenters. The van der Waals surface area contributed by atoms with Crippen LogP contribution in [0.1, 0.15) is 6.92 Å². The van der Waals surface area contributed by atoms with Crippen LogP contribution in [0.4, 0.5) is 0 Å². The second kappa shape index (κ2) is 4.89. The molecule has 1 aromatic rings. The highest BCUT2D eigenvalue weighted by atomic mass is 35.5. The highest BCUT2D eigenvalue weighted by molar-refractivity contribution is 8.00. The van der Waals surface area contributed by atoms with E-state index in [9.17, 15) is 4.79 Å². The van der Waals surface area contributed by atoms with E-state index in [1.165, 1.54) is 11.8 Å². The van der Waals surface area contributed by atoms with Crippen molar-refractivity contribution in [2.24, 2.45) is 0 Å². The van der Waals surface area contributed by atoms with Crippen molar-refractivity contribution in [1.29, 1.82) is 0 Å². The summed E-state index contributed by atoms with van der Waals surface area (Å²) in [5.41, 5.74) is 0. The lowest BCUT2D eigenvalue weighted by Crippen LogP contribution is -1.95. The van der Waals surface area contributed by atoms with Gasteiger partial charge in [-0.1, -0.05) is 23.2 Å². The highest BCUT2D eigenvalue weighted by Gasteiger charge is 2.04. The Morgan fingerprint density at radius 2 is 2.08 bits per heavy atom. The first-order valence-corrected chi connectivity index (χ1v) is 5.34. The number of halogens is 2. The van der Waals surface area contributed by atoms with Crippen LogP contribution in [0.25, 0.3) is 0 Å². The van der Waals surface area contributed by atoms with Crippen molar-refractivity contribution in [2.75, 3.05) is 0 Å². The fourth-order valence-electron chi connectivity index (χ4n) is 0.793. The molecule has 0 aliphatic carbocycles. The minimum Gasteiger partial charge on any atom is -0.302 e. The van der Waals surface area contributed by atoms with Crippen LogP contribution < -0.4 is 0 Å². The summed E-state index contributed by atoms with van der Waals surface area (Å²) in [5.74, 6) is 0. The molecule has 0 N–H and O–H groups in total. The van der Waals surface area contributed by atoms with Crippen LogP contribution in [-0.2, 0) is 4.79 Å². The Hall–Kier alpha value is -0.180. The Balaban J connectivity index is 2.79. The lowest BCUT2D eigenvalue weighted by molar-refractivity contribution is -0.107. The Bertz CT molecular complexity index is 314. The Morgan fingerprint density at radius 3 is 2.62 bits per heavy atom. The van der Waals surface area contributed by atoms with E-state index in [-0.39, 0.29) is 5.25 Å². The molecule has 0 aromatic heterocycles. The molecular formula is C9H8Cl2OS. The van der Waals surface area contributed by atoms with Crippen molar-refractivity contribution >= 4 is 41.2 Å². The molecule has 0 spiro atoms. The third-order valence-electron chi connectivity index (χ3n) is 1.40. The monoisotopic (exact) mass is 234 g/mol. The summed E-state index contributed by atoms with van der Waals surface area (Å²) >= 11 is 13.0. The smallest absolute Gasteiger partial charge is 0.133 e. The van der Waals surface area contributed by atoms with E-state index in [1.807, 2.05) is 13.0 Å². The van der Waals surface area contributed by atoms with Crippen LogP contribution in [0.15, 0.2) is 23.1 Å². The molecular weight excluding hydrogens is 227 g/mol. The van der Waals surface area contributed by atoms with Crippen LogP contribution in [0, 0.1) is 0 Å². The number of hydrogen-bond acceptors (Lipinski definition) is 2. The van der Waals surface area contributed by atoms with Gasteiger partial charge in [-0.15, -0.1) is 11.8 Å². The first-order chi connectivity index (χ1) is 6.13. The lowest BCUT2D eigenvalue weighted by atomic mass is 10.4. The van der Waals surface area contributed by atoms with Gasteiger partial charge in [0.15, 0.2) is 0 Å². The molecule has 1 rings (SSSR count). The SMILES string of the molecule is CC(C=O)Sc1ccc(Cl)c(Cl)c1. The first kappa shape index (κ1) is 10.9. The Morgan fingerprint density at radius 1 is 1.38 bits per heavy atom. The Kier molecular flexibility index (Phi) is 4.10. The quantitative estimate of drug-likeness (QED) is 0.587. The molecule has 0 saturated carbocycles. The summed E-state index contributed by atoms with van der Waals surface area (Å²) in [6, 6.07) is 5.33. The maximum atomic E-state index is 10.4. The van der Waals surface area contributed by atoms with Gasteiger partial charge in [-0.2, -0.15) is 0 Å². The highest BCUT2D eigenvalue weighted by Crippen LogP contribution is 2.29. The van der Waals surface area contributed by atoms with E-state index in [4.69, 9.17) is 23.2 Å². The third kappa shape index (κ3) is 3.22. The molecule has 1 unspecified atom stereocenters. The van der Waals surface area contributed by atoms with Gasteiger partial charge in [0.2, 0.25) is 0 Å². The predicted octanol–water partition coefficient (Wildman–Crippen LogP) is 3.67. The van der Waals surface area contributed by atoms with E-state index in [0.29, 0.717) is 10.0 Å². The molecule has 0 fully saturated rings. The number of rotatable bonds is 3. The fraction of sp³-hybridized carbons (Fsp3) is 0.222. The lowest BCUT2D eigenvalue weighted by Gasteiger charge is -2.04. The summed E-state index contributed by atoms with van der Waals surface area (Å²) in [6.45, 7) is 1.83. The molecule has 13 heavy (non-hydrogen) atoms. The maximum Gasteiger partial charge on any atom is 0.133 e. The number of hydrogen-bond donors (Lipinski definition) is 0. The molecule has 0 radical (unpaired) electrons. The summed E-state index contributed by atoms with van der Waals surface area (Å²) in [7, 11) is 0. The van der Waals surface area contributed by atoms with Gasteiger partial charge < -0.3 is 4.79 Å². The number of carbonyl (C=O) groups excluding carboxylic acids is 1.